The van der Waals surface area contributed by atoms with Crippen molar-refractivity contribution in [2.45, 2.75) is 50.7 Å². The Morgan fingerprint density at radius 3 is 2.47 bits per heavy atom. The monoisotopic (exact) mass is 480 g/mol. The smallest absolute Gasteiger partial charge is 0.247 e. The Hall–Kier alpha value is -3.19. The van der Waals surface area contributed by atoms with Gasteiger partial charge in [-0.1, -0.05) is 49.2 Å². The zero-order chi connectivity index (χ0) is 23.9. The second-order valence-electron chi connectivity index (χ2n) is 8.54. The molecule has 0 spiro atoms. The van der Waals surface area contributed by atoms with Gasteiger partial charge in [-0.3, -0.25) is 9.59 Å². The van der Waals surface area contributed by atoms with Crippen LogP contribution in [0.15, 0.2) is 66.0 Å². The first kappa shape index (κ1) is 24.0. The first-order valence-electron chi connectivity index (χ1n) is 11.5. The van der Waals surface area contributed by atoms with Crippen LogP contribution in [0.1, 0.15) is 47.7 Å². The molecule has 0 aliphatic heterocycles. The molecule has 1 fully saturated rings. The fraction of sp³-hybridized carbons (Fsp3) is 0.333. The van der Waals surface area contributed by atoms with Crippen LogP contribution >= 0.6 is 11.3 Å². The summed E-state index contributed by atoms with van der Waals surface area (Å²) >= 11 is 1.49. The molecule has 4 rings (SSSR count). The van der Waals surface area contributed by atoms with Crippen LogP contribution in [0.4, 0.5) is 4.39 Å². The van der Waals surface area contributed by atoms with Crippen LogP contribution in [0.3, 0.4) is 0 Å². The molecular formula is C27H29FN2O3S. The van der Waals surface area contributed by atoms with Crippen molar-refractivity contribution in [1.82, 2.24) is 10.2 Å². The third-order valence-electron chi connectivity index (χ3n) is 6.20. The van der Waals surface area contributed by atoms with Crippen molar-refractivity contribution in [2.24, 2.45) is 0 Å². The van der Waals surface area contributed by atoms with Crippen LogP contribution in [0.2, 0.25) is 0 Å². The molecule has 5 nitrogen and oxygen atoms in total. The quantitative estimate of drug-likeness (QED) is 0.454. The average molecular weight is 481 g/mol. The fourth-order valence-electron chi connectivity index (χ4n) is 4.41. The van der Waals surface area contributed by atoms with Crippen molar-refractivity contribution >= 4 is 23.2 Å². The molecule has 3 aromatic rings. The molecule has 0 radical (unpaired) electrons. The first-order valence-corrected chi connectivity index (χ1v) is 12.4. The lowest BCUT2D eigenvalue weighted by Crippen LogP contribution is -2.46. The van der Waals surface area contributed by atoms with Crippen LogP contribution in [0.5, 0.6) is 5.75 Å². The van der Waals surface area contributed by atoms with Crippen molar-refractivity contribution in [1.29, 1.82) is 0 Å². The van der Waals surface area contributed by atoms with E-state index in [1.165, 1.54) is 22.3 Å². The minimum absolute atomic E-state index is 0.0528. The van der Waals surface area contributed by atoms with E-state index in [0.717, 1.165) is 36.1 Å². The molecule has 1 saturated carbocycles. The summed E-state index contributed by atoms with van der Waals surface area (Å²) in [5.41, 5.74) is 1.03. The Labute approximate surface area is 203 Å². The van der Waals surface area contributed by atoms with Crippen LogP contribution in [0.25, 0.3) is 0 Å². The van der Waals surface area contributed by atoms with Gasteiger partial charge in [-0.25, -0.2) is 4.39 Å². The van der Waals surface area contributed by atoms with Gasteiger partial charge >= 0.3 is 0 Å². The normalized spacial score (nSPS) is 14.5. The van der Waals surface area contributed by atoms with E-state index < -0.39 is 11.9 Å². The summed E-state index contributed by atoms with van der Waals surface area (Å²) in [6, 6.07) is 16.3. The molecule has 1 atom stereocenters. The van der Waals surface area contributed by atoms with Gasteiger partial charge in [-0.15, -0.1) is 11.3 Å². The van der Waals surface area contributed by atoms with E-state index in [1.54, 1.807) is 25.3 Å². The summed E-state index contributed by atoms with van der Waals surface area (Å²) in [5.74, 6) is -0.374. The number of benzene rings is 2. The van der Waals surface area contributed by atoms with Gasteiger partial charge in [0, 0.05) is 23.0 Å². The SMILES string of the molecule is COc1ccc(CN(C(=O)Cc2cccs2)C(C(=O)NC2CCCC2)c2ccccc2F)cc1. The summed E-state index contributed by atoms with van der Waals surface area (Å²) in [6.07, 6.45) is 4.06. The molecule has 1 unspecified atom stereocenters. The first-order chi connectivity index (χ1) is 16.5. The van der Waals surface area contributed by atoms with E-state index in [2.05, 4.69) is 5.32 Å². The van der Waals surface area contributed by atoms with Crippen molar-refractivity contribution < 1.29 is 18.7 Å². The van der Waals surface area contributed by atoms with Crippen LogP contribution in [-0.4, -0.2) is 29.9 Å². The Morgan fingerprint density at radius 1 is 1.09 bits per heavy atom. The van der Waals surface area contributed by atoms with E-state index in [1.807, 2.05) is 41.8 Å². The summed E-state index contributed by atoms with van der Waals surface area (Å²) in [5, 5.41) is 5.00. The summed E-state index contributed by atoms with van der Waals surface area (Å²) in [4.78, 5) is 29.6. The second-order valence-corrected chi connectivity index (χ2v) is 9.57. The molecule has 1 heterocycles. The zero-order valence-corrected chi connectivity index (χ0v) is 20.0. The highest BCUT2D eigenvalue weighted by atomic mass is 32.1. The number of carbonyl (C=O) groups is 2. The lowest BCUT2D eigenvalue weighted by atomic mass is 10.0. The Morgan fingerprint density at radius 2 is 1.82 bits per heavy atom. The predicted molar refractivity (Wildman–Crippen MR) is 131 cm³/mol. The highest BCUT2D eigenvalue weighted by molar-refractivity contribution is 7.10. The number of ether oxygens (including phenoxy) is 1. The number of hydrogen-bond acceptors (Lipinski definition) is 4. The third kappa shape index (κ3) is 5.83. The summed E-state index contributed by atoms with van der Waals surface area (Å²) < 4.78 is 20.3. The molecule has 1 N–H and O–H groups in total. The Balaban J connectivity index is 1.70. The second kappa shape index (κ2) is 11.3. The topological polar surface area (TPSA) is 58.6 Å². The van der Waals surface area contributed by atoms with Crippen molar-refractivity contribution in [2.75, 3.05) is 7.11 Å². The highest BCUT2D eigenvalue weighted by Gasteiger charge is 2.35. The number of rotatable bonds is 9. The molecule has 0 bridgehead atoms. The highest BCUT2D eigenvalue weighted by Crippen LogP contribution is 2.29. The summed E-state index contributed by atoms with van der Waals surface area (Å²) in [6.45, 7) is 0.172. The van der Waals surface area contributed by atoms with Gasteiger partial charge in [-0.2, -0.15) is 0 Å². The number of nitrogens with one attached hydrogen (secondary N) is 1. The third-order valence-corrected chi connectivity index (χ3v) is 7.08. The maximum absolute atomic E-state index is 15.0. The molecule has 1 aromatic heterocycles. The van der Waals surface area contributed by atoms with E-state index >= 15 is 4.39 Å². The van der Waals surface area contributed by atoms with Gasteiger partial charge in [0.1, 0.15) is 17.6 Å². The molecule has 0 saturated heterocycles. The minimum atomic E-state index is -1.07. The Kier molecular flexibility index (Phi) is 7.95. The van der Waals surface area contributed by atoms with E-state index in [-0.39, 0.29) is 36.4 Å². The van der Waals surface area contributed by atoms with Gasteiger partial charge in [0.25, 0.3) is 0 Å². The van der Waals surface area contributed by atoms with E-state index in [4.69, 9.17) is 4.74 Å². The number of thiophene rings is 1. The molecule has 1 aliphatic carbocycles. The zero-order valence-electron chi connectivity index (χ0n) is 19.2. The molecule has 178 valence electrons. The molecule has 7 heteroatoms. The predicted octanol–water partition coefficient (Wildman–Crippen LogP) is 5.27. The van der Waals surface area contributed by atoms with Gasteiger partial charge in [0.05, 0.1) is 13.5 Å². The van der Waals surface area contributed by atoms with Crippen molar-refractivity contribution in [3.05, 3.63) is 87.9 Å². The maximum Gasteiger partial charge on any atom is 0.247 e. The molecule has 2 amide bonds. The lowest BCUT2D eigenvalue weighted by molar-refractivity contribution is -0.141. The number of nitrogens with zero attached hydrogens (tertiary/aromatic N) is 1. The largest absolute Gasteiger partial charge is 0.497 e. The number of carbonyl (C=O) groups excluding carboxylic acids is 2. The average Bonchev–Trinajstić information content (AvgIpc) is 3.55. The van der Waals surface area contributed by atoms with Crippen LogP contribution in [-0.2, 0) is 22.6 Å². The Bertz CT molecular complexity index is 1100. The van der Waals surface area contributed by atoms with E-state index in [9.17, 15) is 9.59 Å². The van der Waals surface area contributed by atoms with Gasteiger partial charge in [0.2, 0.25) is 11.8 Å². The molecule has 2 aromatic carbocycles. The van der Waals surface area contributed by atoms with Crippen molar-refractivity contribution in [3.63, 3.8) is 0 Å². The standard InChI is InChI=1S/C27H29FN2O3S/c1-33-21-14-12-19(13-15-21)18-30(25(31)17-22-9-6-16-34-22)26(23-10-4-5-11-24(23)28)27(32)29-20-7-2-3-8-20/h4-6,9-16,20,26H,2-3,7-8,17-18H2,1H3,(H,29,32). The van der Waals surface area contributed by atoms with E-state index in [0.29, 0.717) is 5.75 Å². The minimum Gasteiger partial charge on any atom is -0.497 e. The van der Waals surface area contributed by atoms with Crippen LogP contribution < -0.4 is 10.1 Å². The number of halogens is 1. The maximum atomic E-state index is 15.0. The number of hydrogen-bond donors (Lipinski definition) is 1. The summed E-state index contributed by atoms with van der Waals surface area (Å²) in [7, 11) is 1.59. The van der Waals surface area contributed by atoms with Gasteiger partial charge < -0.3 is 15.0 Å². The number of methoxy groups -OCH3 is 1. The fourth-order valence-corrected chi connectivity index (χ4v) is 5.11. The molecule has 34 heavy (non-hydrogen) atoms. The molecule has 1 aliphatic rings. The van der Waals surface area contributed by atoms with Gasteiger partial charge in [-0.05, 0) is 48.1 Å². The van der Waals surface area contributed by atoms with Crippen LogP contribution in [0, 0.1) is 5.82 Å². The molecular weight excluding hydrogens is 451 g/mol. The van der Waals surface area contributed by atoms with Gasteiger partial charge in [0.15, 0.2) is 0 Å². The number of amides is 2. The van der Waals surface area contributed by atoms with Crippen molar-refractivity contribution in [3.8, 4) is 5.75 Å². The lowest BCUT2D eigenvalue weighted by Gasteiger charge is -2.32.